The van der Waals surface area contributed by atoms with Gasteiger partial charge >= 0.3 is 0 Å². The third-order valence-corrected chi connectivity index (χ3v) is 6.34. The first-order valence-corrected chi connectivity index (χ1v) is 10.8. The maximum atomic E-state index is 12.6. The topological polar surface area (TPSA) is 96.4 Å². The van der Waals surface area contributed by atoms with Crippen LogP contribution in [0, 0.1) is 0 Å². The van der Waals surface area contributed by atoms with Gasteiger partial charge in [-0.1, -0.05) is 0 Å². The Hall–Kier alpha value is -2.39. The summed E-state index contributed by atoms with van der Waals surface area (Å²) in [7, 11) is -3.39. The predicted molar refractivity (Wildman–Crippen MR) is 99.5 cm³/mol. The molecule has 1 atom stereocenters. The second-order valence-corrected chi connectivity index (χ2v) is 8.74. The highest BCUT2D eigenvalue weighted by Crippen LogP contribution is 2.16. The molecule has 144 valence electrons. The number of amides is 1. The van der Waals surface area contributed by atoms with Gasteiger partial charge in [0.05, 0.1) is 37.2 Å². The van der Waals surface area contributed by atoms with Gasteiger partial charge in [0.25, 0.3) is 15.9 Å². The van der Waals surface area contributed by atoms with Crippen molar-refractivity contribution in [3.63, 3.8) is 0 Å². The SMILES string of the molecule is O=C(NC[C@H](c1ccco1)[NH+]1CCCC1)C1=CN2CCS(=O)(=O)N=C2C=C1. The van der Waals surface area contributed by atoms with E-state index >= 15 is 0 Å². The first kappa shape index (κ1) is 18.0. The fourth-order valence-electron chi connectivity index (χ4n) is 3.75. The third-order valence-electron chi connectivity index (χ3n) is 5.18. The maximum Gasteiger partial charge on any atom is 0.256 e. The van der Waals surface area contributed by atoms with Gasteiger partial charge in [-0.05, 0) is 24.3 Å². The van der Waals surface area contributed by atoms with Gasteiger partial charge in [0.15, 0.2) is 11.8 Å². The molecular formula is C18H23N4O4S+. The van der Waals surface area contributed by atoms with Crippen LogP contribution in [0.1, 0.15) is 24.6 Å². The number of carbonyl (C=O) groups excluding carboxylic acids is 1. The third kappa shape index (κ3) is 3.98. The lowest BCUT2D eigenvalue weighted by molar-refractivity contribution is -0.919. The van der Waals surface area contributed by atoms with Gasteiger partial charge in [-0.15, -0.1) is 4.40 Å². The van der Waals surface area contributed by atoms with E-state index in [9.17, 15) is 13.2 Å². The normalized spacial score (nSPS) is 22.7. The molecule has 2 N–H and O–H groups in total. The summed E-state index contributed by atoms with van der Waals surface area (Å²) < 4.78 is 32.5. The van der Waals surface area contributed by atoms with Crippen molar-refractivity contribution < 1.29 is 22.5 Å². The van der Waals surface area contributed by atoms with Crippen LogP contribution in [0.5, 0.6) is 0 Å². The van der Waals surface area contributed by atoms with E-state index in [0.29, 0.717) is 24.5 Å². The Morgan fingerprint density at radius 1 is 1.33 bits per heavy atom. The van der Waals surface area contributed by atoms with Gasteiger partial charge in [0.1, 0.15) is 5.84 Å². The van der Waals surface area contributed by atoms with Crippen molar-refractivity contribution in [2.75, 3.05) is 31.9 Å². The van der Waals surface area contributed by atoms with Crippen molar-refractivity contribution in [3.8, 4) is 0 Å². The zero-order valence-electron chi connectivity index (χ0n) is 14.9. The van der Waals surface area contributed by atoms with E-state index in [0.717, 1.165) is 18.8 Å². The number of likely N-dealkylation sites (tertiary alicyclic amines) is 1. The Morgan fingerprint density at radius 3 is 2.89 bits per heavy atom. The zero-order chi connectivity index (χ0) is 18.9. The van der Waals surface area contributed by atoms with Gasteiger partial charge in [-0.25, -0.2) is 8.42 Å². The van der Waals surface area contributed by atoms with E-state index in [1.54, 1.807) is 29.5 Å². The Morgan fingerprint density at radius 2 is 2.15 bits per heavy atom. The number of hydrogen-bond donors (Lipinski definition) is 2. The van der Waals surface area contributed by atoms with Crippen LogP contribution in [0.4, 0.5) is 0 Å². The molecule has 27 heavy (non-hydrogen) atoms. The summed E-state index contributed by atoms with van der Waals surface area (Å²) in [6.07, 6.45) is 8.88. The summed E-state index contributed by atoms with van der Waals surface area (Å²) in [6, 6.07) is 3.92. The van der Waals surface area contributed by atoms with Crippen LogP contribution >= 0.6 is 0 Å². The molecule has 1 fully saturated rings. The molecule has 0 bridgehead atoms. The summed E-state index contributed by atoms with van der Waals surface area (Å²) >= 11 is 0. The van der Waals surface area contributed by atoms with E-state index in [-0.39, 0.29) is 17.7 Å². The number of nitrogens with one attached hydrogen (secondary N) is 2. The van der Waals surface area contributed by atoms with Crippen molar-refractivity contribution in [3.05, 3.63) is 48.1 Å². The molecule has 0 aliphatic carbocycles. The molecule has 1 aromatic rings. The standard InChI is InChI=1S/C18H22N4O4S/c23-18(14-5-6-17-20-27(24,25)11-9-22(17)13-14)19-12-15(16-4-3-10-26-16)21-7-1-2-8-21/h3-6,10,13,15H,1-2,7-9,11-12H2,(H,19,23)/p+1/t15-/m1/s1. The van der Waals surface area contributed by atoms with Gasteiger partial charge in [0, 0.05) is 25.6 Å². The summed E-state index contributed by atoms with van der Waals surface area (Å²) in [4.78, 5) is 15.8. The first-order valence-electron chi connectivity index (χ1n) is 9.17. The highest BCUT2D eigenvalue weighted by molar-refractivity contribution is 7.90. The van der Waals surface area contributed by atoms with E-state index in [2.05, 4.69) is 9.71 Å². The highest BCUT2D eigenvalue weighted by atomic mass is 32.2. The molecule has 1 saturated heterocycles. The van der Waals surface area contributed by atoms with Crippen LogP contribution in [0.3, 0.4) is 0 Å². The number of furan rings is 1. The molecular weight excluding hydrogens is 368 g/mol. The van der Waals surface area contributed by atoms with Crippen molar-refractivity contribution in [2.24, 2.45) is 4.40 Å². The van der Waals surface area contributed by atoms with Crippen LogP contribution in [-0.4, -0.2) is 57.0 Å². The second-order valence-electron chi connectivity index (χ2n) is 6.99. The molecule has 0 radical (unpaired) electrons. The van der Waals surface area contributed by atoms with Gasteiger partial charge < -0.3 is 19.5 Å². The summed E-state index contributed by atoms with van der Waals surface area (Å²) in [5, 5.41) is 3.01. The average molecular weight is 391 g/mol. The number of carbonyl (C=O) groups is 1. The largest absolute Gasteiger partial charge is 0.463 e. The Bertz CT molecular complexity index is 896. The molecule has 9 heteroatoms. The van der Waals surface area contributed by atoms with Crippen molar-refractivity contribution in [2.45, 2.75) is 18.9 Å². The number of sulfonamides is 1. The van der Waals surface area contributed by atoms with E-state index in [1.165, 1.54) is 17.7 Å². The number of hydrogen-bond acceptors (Lipinski definition) is 5. The molecule has 4 heterocycles. The second kappa shape index (κ2) is 7.32. The number of amidine groups is 1. The number of nitrogens with zero attached hydrogens (tertiary/aromatic N) is 2. The van der Waals surface area contributed by atoms with Gasteiger partial charge in [0.2, 0.25) is 0 Å². The maximum absolute atomic E-state index is 12.6. The smallest absolute Gasteiger partial charge is 0.256 e. The minimum Gasteiger partial charge on any atom is -0.463 e. The Kier molecular flexibility index (Phi) is 4.88. The average Bonchev–Trinajstić information content (AvgIpc) is 3.35. The molecule has 0 unspecified atom stereocenters. The first-order chi connectivity index (χ1) is 13.0. The minimum atomic E-state index is -3.39. The van der Waals surface area contributed by atoms with E-state index in [4.69, 9.17) is 4.42 Å². The summed E-state index contributed by atoms with van der Waals surface area (Å²) in [5.41, 5.74) is 0.489. The number of fused-ring (bicyclic) bond motifs is 1. The van der Waals surface area contributed by atoms with Crippen molar-refractivity contribution in [1.29, 1.82) is 0 Å². The molecule has 8 nitrogen and oxygen atoms in total. The summed E-state index contributed by atoms with van der Waals surface area (Å²) in [5.74, 6) is 1.01. The van der Waals surface area contributed by atoms with Crippen LogP contribution in [-0.2, 0) is 14.8 Å². The van der Waals surface area contributed by atoms with Crippen molar-refractivity contribution >= 4 is 21.8 Å². The van der Waals surface area contributed by atoms with Crippen molar-refractivity contribution in [1.82, 2.24) is 10.2 Å². The molecule has 0 saturated carbocycles. The predicted octanol–water partition coefficient (Wildman–Crippen LogP) is -0.387. The Labute approximate surface area is 158 Å². The van der Waals surface area contributed by atoms with Crippen LogP contribution < -0.4 is 10.2 Å². The number of rotatable bonds is 5. The highest BCUT2D eigenvalue weighted by Gasteiger charge is 2.30. The van der Waals surface area contributed by atoms with E-state index in [1.807, 2.05) is 12.1 Å². The fraction of sp³-hybridized carbons (Fsp3) is 0.444. The number of quaternary nitrogens is 1. The van der Waals surface area contributed by atoms with Gasteiger partial charge in [-0.2, -0.15) is 0 Å². The fourth-order valence-corrected chi connectivity index (χ4v) is 4.71. The minimum absolute atomic E-state index is 0.0470. The van der Waals surface area contributed by atoms with Gasteiger partial charge in [-0.3, -0.25) is 4.79 Å². The molecule has 3 aliphatic heterocycles. The van der Waals surface area contributed by atoms with E-state index < -0.39 is 10.0 Å². The lowest BCUT2D eigenvalue weighted by Gasteiger charge is -2.27. The Balaban J connectivity index is 1.43. The molecule has 1 aromatic heterocycles. The van der Waals surface area contributed by atoms with Crippen LogP contribution in [0.25, 0.3) is 0 Å². The molecule has 3 aliphatic rings. The lowest BCUT2D eigenvalue weighted by Crippen LogP contribution is -3.11. The van der Waals surface area contributed by atoms with Crippen LogP contribution in [0.15, 0.2) is 51.1 Å². The molecule has 0 spiro atoms. The summed E-state index contributed by atoms with van der Waals surface area (Å²) in [6.45, 7) is 2.94. The zero-order valence-corrected chi connectivity index (χ0v) is 15.7. The molecule has 4 rings (SSSR count). The quantitative estimate of drug-likeness (QED) is 0.713. The lowest BCUT2D eigenvalue weighted by atomic mass is 10.1. The molecule has 1 amide bonds. The van der Waals surface area contributed by atoms with Crippen LogP contribution in [0.2, 0.25) is 0 Å². The molecule has 0 aromatic carbocycles. The monoisotopic (exact) mass is 391 g/mol.